The van der Waals surface area contributed by atoms with Gasteiger partial charge >= 0.3 is 0 Å². The first-order chi connectivity index (χ1) is 9.59. The largest absolute Gasteiger partial charge is 0.386 e. The van der Waals surface area contributed by atoms with Crippen molar-refractivity contribution in [3.05, 3.63) is 16.4 Å². The van der Waals surface area contributed by atoms with Gasteiger partial charge in [-0.15, -0.1) is 0 Å². The molecule has 0 amide bonds. The Labute approximate surface area is 129 Å². The molecule has 0 spiro atoms. The molecule has 0 saturated heterocycles. The van der Waals surface area contributed by atoms with Gasteiger partial charge in [-0.05, 0) is 60.6 Å². The Bertz CT molecular complexity index is 462. The molecule has 2 aliphatic rings. The second kappa shape index (κ2) is 5.78. The number of rotatable bonds is 5. The molecule has 2 saturated carbocycles. The highest BCUT2D eigenvalue weighted by Crippen LogP contribution is 2.60. The zero-order valence-electron chi connectivity index (χ0n) is 12.3. The lowest BCUT2D eigenvalue weighted by Crippen LogP contribution is -2.21. The van der Waals surface area contributed by atoms with E-state index in [-0.39, 0.29) is 6.10 Å². The minimum Gasteiger partial charge on any atom is -0.386 e. The van der Waals surface area contributed by atoms with E-state index in [1.54, 1.807) is 0 Å². The molecule has 2 aliphatic carbocycles. The fourth-order valence-electron chi connectivity index (χ4n) is 3.84. The molecule has 1 heterocycles. The zero-order chi connectivity index (χ0) is 14.3. The molecule has 20 heavy (non-hydrogen) atoms. The molecule has 0 aromatic carbocycles. The third-order valence-corrected chi connectivity index (χ3v) is 5.57. The van der Waals surface area contributed by atoms with E-state index in [1.807, 2.05) is 10.9 Å². The van der Waals surface area contributed by atoms with E-state index in [9.17, 15) is 5.11 Å². The molecule has 2 fully saturated rings. The van der Waals surface area contributed by atoms with Gasteiger partial charge in [-0.1, -0.05) is 12.8 Å². The molecular formula is C15H24BrN3O. The Hall–Kier alpha value is -0.390. The first-order valence-corrected chi connectivity index (χ1v) is 8.43. The fourth-order valence-corrected chi connectivity index (χ4v) is 4.37. The third kappa shape index (κ3) is 2.68. The average Bonchev–Trinajstić information content (AvgIpc) is 3.04. The van der Waals surface area contributed by atoms with E-state index < -0.39 is 0 Å². The minimum atomic E-state index is -0.359. The predicted molar refractivity (Wildman–Crippen MR) is 82.4 cm³/mol. The van der Waals surface area contributed by atoms with Crippen LogP contribution in [-0.2, 0) is 6.54 Å². The fraction of sp³-hybridized carbons (Fsp3) is 0.800. The van der Waals surface area contributed by atoms with Crippen LogP contribution in [0.15, 0.2) is 10.7 Å². The van der Waals surface area contributed by atoms with E-state index >= 15 is 0 Å². The van der Waals surface area contributed by atoms with E-state index in [4.69, 9.17) is 0 Å². The molecular weight excluding hydrogens is 318 g/mol. The van der Waals surface area contributed by atoms with E-state index in [0.717, 1.165) is 35.1 Å². The smallest absolute Gasteiger partial charge is 0.100 e. The summed E-state index contributed by atoms with van der Waals surface area (Å²) in [5, 5.41) is 15.2. The number of nitrogens with zero attached hydrogens (tertiary/aromatic N) is 3. The number of halogens is 1. The highest BCUT2D eigenvalue weighted by molar-refractivity contribution is 9.10. The minimum absolute atomic E-state index is 0.359. The van der Waals surface area contributed by atoms with Gasteiger partial charge in [0.2, 0.25) is 0 Å². The first-order valence-electron chi connectivity index (χ1n) is 7.63. The van der Waals surface area contributed by atoms with Crippen LogP contribution in [0.3, 0.4) is 0 Å². The third-order valence-electron chi connectivity index (χ3n) is 4.96. The lowest BCUT2D eigenvalue weighted by atomic mass is 10.0. The summed E-state index contributed by atoms with van der Waals surface area (Å²) >= 11 is 3.56. The maximum Gasteiger partial charge on any atom is 0.100 e. The number of aliphatic hydroxyl groups excluding tert-OH is 1. The number of hydrogen-bond acceptors (Lipinski definition) is 3. The quantitative estimate of drug-likeness (QED) is 0.895. The molecule has 0 bridgehead atoms. The molecule has 0 aliphatic heterocycles. The van der Waals surface area contributed by atoms with Crippen molar-refractivity contribution in [1.29, 1.82) is 0 Å². The molecule has 0 radical (unpaired) electrons. The normalized spacial score (nSPS) is 30.4. The average molecular weight is 342 g/mol. The monoisotopic (exact) mass is 341 g/mol. The van der Waals surface area contributed by atoms with Gasteiger partial charge in [-0.2, -0.15) is 5.10 Å². The van der Waals surface area contributed by atoms with Crippen molar-refractivity contribution in [2.24, 2.45) is 17.8 Å². The lowest BCUT2D eigenvalue weighted by Gasteiger charge is -2.16. The summed E-state index contributed by atoms with van der Waals surface area (Å²) in [6, 6.07) is 0. The highest BCUT2D eigenvalue weighted by atomic mass is 79.9. The summed E-state index contributed by atoms with van der Waals surface area (Å²) in [5.74, 6) is 1.97. The first kappa shape index (κ1) is 14.5. The van der Waals surface area contributed by atoms with Gasteiger partial charge in [0.25, 0.3) is 0 Å². The Balaban J connectivity index is 1.74. The van der Waals surface area contributed by atoms with Gasteiger partial charge < -0.3 is 10.0 Å². The van der Waals surface area contributed by atoms with Gasteiger partial charge in [0.15, 0.2) is 0 Å². The zero-order valence-corrected chi connectivity index (χ0v) is 13.9. The van der Waals surface area contributed by atoms with Crippen LogP contribution < -0.4 is 0 Å². The Morgan fingerprint density at radius 1 is 1.40 bits per heavy atom. The number of fused-ring (bicyclic) bond motifs is 1. The second-order valence-electron chi connectivity index (χ2n) is 6.54. The van der Waals surface area contributed by atoms with Crippen LogP contribution in [0.5, 0.6) is 0 Å². The standard InChI is InChI=1S/C15H24BrN3O/c1-18(2)7-8-19-14(12(16)9-17-19)15(20)13-10-5-3-4-6-11(10)13/h9-11,13,15,20H,3-8H2,1-2H3. The van der Waals surface area contributed by atoms with Gasteiger partial charge in [0.05, 0.1) is 22.9 Å². The van der Waals surface area contributed by atoms with Crippen molar-refractivity contribution in [3.63, 3.8) is 0 Å². The number of likely N-dealkylation sites (N-methyl/N-ethyl adjacent to an activating group) is 1. The van der Waals surface area contributed by atoms with Gasteiger partial charge in [-0.25, -0.2) is 0 Å². The van der Waals surface area contributed by atoms with Crippen LogP contribution in [0, 0.1) is 17.8 Å². The molecule has 112 valence electrons. The van der Waals surface area contributed by atoms with E-state index in [0.29, 0.717) is 5.92 Å². The van der Waals surface area contributed by atoms with Crippen LogP contribution >= 0.6 is 15.9 Å². The molecule has 5 heteroatoms. The molecule has 1 aromatic heterocycles. The van der Waals surface area contributed by atoms with Gasteiger partial charge in [0, 0.05) is 6.54 Å². The summed E-state index contributed by atoms with van der Waals surface area (Å²) in [5.41, 5.74) is 0.978. The van der Waals surface area contributed by atoms with Crippen molar-refractivity contribution < 1.29 is 5.11 Å². The molecule has 3 unspecified atom stereocenters. The maximum absolute atomic E-state index is 10.8. The maximum atomic E-state index is 10.8. The second-order valence-corrected chi connectivity index (χ2v) is 7.39. The molecule has 1 aromatic rings. The van der Waals surface area contributed by atoms with Crippen molar-refractivity contribution in [1.82, 2.24) is 14.7 Å². The van der Waals surface area contributed by atoms with Gasteiger partial charge in [-0.3, -0.25) is 4.68 Å². The van der Waals surface area contributed by atoms with E-state index in [2.05, 4.69) is 40.0 Å². The molecule has 3 atom stereocenters. The number of hydrogen-bond donors (Lipinski definition) is 1. The van der Waals surface area contributed by atoms with Crippen LogP contribution in [-0.4, -0.2) is 40.4 Å². The molecule has 3 rings (SSSR count). The van der Waals surface area contributed by atoms with Crippen LogP contribution in [0.2, 0.25) is 0 Å². The van der Waals surface area contributed by atoms with Crippen molar-refractivity contribution in [3.8, 4) is 0 Å². The molecule has 4 nitrogen and oxygen atoms in total. The van der Waals surface area contributed by atoms with E-state index in [1.165, 1.54) is 25.7 Å². The Morgan fingerprint density at radius 2 is 2.05 bits per heavy atom. The van der Waals surface area contributed by atoms with Gasteiger partial charge in [0.1, 0.15) is 6.10 Å². The number of aromatic nitrogens is 2. The summed E-state index contributed by atoms with van der Waals surface area (Å²) in [4.78, 5) is 2.14. The van der Waals surface area contributed by atoms with Crippen LogP contribution in [0.4, 0.5) is 0 Å². The predicted octanol–water partition coefficient (Wildman–Crippen LogP) is 2.68. The van der Waals surface area contributed by atoms with Crippen molar-refractivity contribution in [2.75, 3.05) is 20.6 Å². The topological polar surface area (TPSA) is 41.3 Å². The Kier molecular flexibility index (Phi) is 4.20. The van der Waals surface area contributed by atoms with Crippen molar-refractivity contribution >= 4 is 15.9 Å². The SMILES string of the molecule is CN(C)CCn1ncc(Br)c1C(O)C1C2CCCCC21. The van der Waals surface area contributed by atoms with Crippen LogP contribution in [0.25, 0.3) is 0 Å². The van der Waals surface area contributed by atoms with Crippen LogP contribution in [0.1, 0.15) is 37.5 Å². The number of aliphatic hydroxyl groups is 1. The summed E-state index contributed by atoms with van der Waals surface area (Å²) in [6.45, 7) is 1.76. The Morgan fingerprint density at radius 3 is 2.65 bits per heavy atom. The summed E-state index contributed by atoms with van der Waals surface area (Å²) in [6.07, 6.45) is 6.74. The summed E-state index contributed by atoms with van der Waals surface area (Å²) < 4.78 is 2.92. The van der Waals surface area contributed by atoms with Crippen molar-refractivity contribution in [2.45, 2.75) is 38.3 Å². The lowest BCUT2D eigenvalue weighted by molar-refractivity contribution is 0.130. The highest BCUT2D eigenvalue weighted by Gasteiger charge is 2.55. The summed E-state index contributed by atoms with van der Waals surface area (Å²) in [7, 11) is 4.12. The molecule has 1 N–H and O–H groups in total.